The van der Waals surface area contributed by atoms with Crippen molar-refractivity contribution in [2.75, 3.05) is 10.6 Å². The van der Waals surface area contributed by atoms with Gasteiger partial charge in [0.15, 0.2) is 0 Å². The van der Waals surface area contributed by atoms with E-state index in [-0.39, 0.29) is 18.3 Å². The van der Waals surface area contributed by atoms with Crippen LogP contribution in [0, 0.1) is 6.92 Å². The molecule has 23 heavy (non-hydrogen) atoms. The Labute approximate surface area is 141 Å². The van der Waals surface area contributed by atoms with Crippen LogP contribution in [-0.4, -0.2) is 10.9 Å². The molecule has 0 saturated carbocycles. The highest BCUT2D eigenvalue weighted by atomic mass is 35.5. The summed E-state index contributed by atoms with van der Waals surface area (Å²) < 4.78 is 0. The highest BCUT2D eigenvalue weighted by Gasteiger charge is 2.04. The number of benzene rings is 2. The van der Waals surface area contributed by atoms with Crippen molar-refractivity contribution in [3.05, 3.63) is 60.3 Å². The van der Waals surface area contributed by atoms with E-state index in [9.17, 15) is 4.79 Å². The van der Waals surface area contributed by atoms with Gasteiger partial charge in [-0.15, -0.1) is 12.4 Å². The summed E-state index contributed by atoms with van der Waals surface area (Å²) in [5, 5.41) is 7.26. The van der Waals surface area contributed by atoms with Gasteiger partial charge in [-0.1, -0.05) is 18.2 Å². The van der Waals surface area contributed by atoms with Crippen LogP contribution in [0.5, 0.6) is 0 Å². The van der Waals surface area contributed by atoms with Gasteiger partial charge >= 0.3 is 0 Å². The Kier molecular flexibility index (Phi) is 5.19. The molecule has 3 aromatic rings. The summed E-state index contributed by atoms with van der Waals surface area (Å²) in [6.45, 7) is 3.48. The van der Waals surface area contributed by atoms with E-state index in [1.807, 2.05) is 55.5 Å². The molecule has 4 nitrogen and oxygen atoms in total. The normalized spacial score (nSPS) is 10.0. The van der Waals surface area contributed by atoms with E-state index in [0.717, 1.165) is 33.7 Å². The number of nitrogens with one attached hydrogen (secondary N) is 2. The number of aromatic nitrogens is 1. The highest BCUT2D eigenvalue weighted by Crippen LogP contribution is 2.26. The first kappa shape index (κ1) is 16.8. The number of anilines is 3. The van der Waals surface area contributed by atoms with Crippen molar-refractivity contribution >= 4 is 46.3 Å². The third-order valence-corrected chi connectivity index (χ3v) is 3.33. The second-order valence-electron chi connectivity index (χ2n) is 5.21. The van der Waals surface area contributed by atoms with Crippen molar-refractivity contribution in [3.63, 3.8) is 0 Å². The van der Waals surface area contributed by atoms with Crippen LogP contribution in [-0.2, 0) is 4.79 Å². The quantitative estimate of drug-likeness (QED) is 0.735. The fourth-order valence-electron chi connectivity index (χ4n) is 2.41. The second-order valence-corrected chi connectivity index (χ2v) is 5.21. The number of nitrogens with zero attached hydrogens (tertiary/aromatic N) is 1. The van der Waals surface area contributed by atoms with Gasteiger partial charge in [0.05, 0.1) is 5.52 Å². The first-order chi connectivity index (χ1) is 10.6. The first-order valence-electron chi connectivity index (χ1n) is 7.13. The molecule has 0 radical (unpaired) electrons. The van der Waals surface area contributed by atoms with Gasteiger partial charge in [-0.25, -0.2) is 0 Å². The van der Waals surface area contributed by atoms with Crippen LogP contribution in [0.25, 0.3) is 10.9 Å². The number of amides is 1. The lowest BCUT2D eigenvalue weighted by atomic mass is 10.1. The van der Waals surface area contributed by atoms with Crippen LogP contribution in [0.15, 0.2) is 54.6 Å². The van der Waals surface area contributed by atoms with E-state index >= 15 is 0 Å². The van der Waals surface area contributed by atoms with Crippen LogP contribution in [0.4, 0.5) is 17.1 Å². The van der Waals surface area contributed by atoms with E-state index in [4.69, 9.17) is 0 Å². The van der Waals surface area contributed by atoms with E-state index in [1.165, 1.54) is 6.92 Å². The van der Waals surface area contributed by atoms with Gasteiger partial charge in [0.1, 0.15) is 0 Å². The number of fused-ring (bicyclic) bond motifs is 1. The summed E-state index contributed by atoms with van der Waals surface area (Å²) in [6.07, 6.45) is 0. The lowest BCUT2D eigenvalue weighted by molar-refractivity contribution is -0.114. The summed E-state index contributed by atoms with van der Waals surface area (Å²) in [5.41, 5.74) is 4.71. The predicted octanol–water partition coefficient (Wildman–Crippen LogP) is 4.67. The average molecular weight is 328 g/mol. The fourth-order valence-corrected chi connectivity index (χ4v) is 2.41. The Hall–Kier alpha value is -2.59. The molecule has 0 bridgehead atoms. The monoisotopic (exact) mass is 327 g/mol. The maximum absolute atomic E-state index is 11.0. The largest absolute Gasteiger partial charge is 0.355 e. The third-order valence-electron chi connectivity index (χ3n) is 3.33. The van der Waals surface area contributed by atoms with Crippen molar-refractivity contribution in [3.8, 4) is 0 Å². The lowest BCUT2D eigenvalue weighted by Gasteiger charge is -2.11. The van der Waals surface area contributed by atoms with Gasteiger partial charge in [-0.05, 0) is 43.3 Å². The average Bonchev–Trinajstić information content (AvgIpc) is 2.48. The molecule has 1 amide bonds. The van der Waals surface area contributed by atoms with Gasteiger partial charge in [-0.3, -0.25) is 9.78 Å². The molecule has 0 fully saturated rings. The fraction of sp³-hybridized carbons (Fsp3) is 0.111. The van der Waals surface area contributed by atoms with Gasteiger partial charge in [-0.2, -0.15) is 0 Å². The van der Waals surface area contributed by atoms with Gasteiger partial charge in [0, 0.05) is 35.1 Å². The number of carbonyl (C=O) groups excluding carboxylic acids is 1. The minimum absolute atomic E-state index is 0. The maximum atomic E-state index is 11.0. The summed E-state index contributed by atoms with van der Waals surface area (Å²) in [5.74, 6) is -0.0727. The van der Waals surface area contributed by atoms with Crippen LogP contribution < -0.4 is 10.6 Å². The number of hydrogen-bond acceptors (Lipinski definition) is 3. The first-order valence-corrected chi connectivity index (χ1v) is 7.13. The summed E-state index contributed by atoms with van der Waals surface area (Å²) in [6, 6.07) is 17.7. The minimum atomic E-state index is -0.0727. The Balaban J connectivity index is 0.00000192. The number of rotatable bonds is 3. The zero-order valence-corrected chi connectivity index (χ0v) is 13.8. The van der Waals surface area contributed by atoms with Crippen molar-refractivity contribution in [2.45, 2.75) is 13.8 Å². The Morgan fingerprint density at radius 1 is 1.00 bits per heavy atom. The maximum Gasteiger partial charge on any atom is 0.221 e. The smallest absolute Gasteiger partial charge is 0.221 e. The van der Waals surface area contributed by atoms with E-state index in [2.05, 4.69) is 21.7 Å². The van der Waals surface area contributed by atoms with Crippen molar-refractivity contribution in [2.24, 2.45) is 0 Å². The van der Waals surface area contributed by atoms with E-state index in [0.29, 0.717) is 0 Å². The second kappa shape index (κ2) is 7.11. The van der Waals surface area contributed by atoms with Gasteiger partial charge in [0.25, 0.3) is 0 Å². The Morgan fingerprint density at radius 2 is 1.65 bits per heavy atom. The molecular weight excluding hydrogens is 310 g/mol. The van der Waals surface area contributed by atoms with Crippen LogP contribution in [0.2, 0.25) is 0 Å². The van der Waals surface area contributed by atoms with Crippen LogP contribution in [0.3, 0.4) is 0 Å². The number of aryl methyl sites for hydroxylation is 1. The van der Waals surface area contributed by atoms with Crippen molar-refractivity contribution < 1.29 is 4.79 Å². The van der Waals surface area contributed by atoms with E-state index < -0.39 is 0 Å². The van der Waals surface area contributed by atoms with E-state index in [1.54, 1.807) is 0 Å². The van der Waals surface area contributed by atoms with Crippen LogP contribution >= 0.6 is 12.4 Å². The molecule has 0 unspecified atom stereocenters. The number of carbonyl (C=O) groups is 1. The highest BCUT2D eigenvalue weighted by molar-refractivity contribution is 5.93. The van der Waals surface area contributed by atoms with Gasteiger partial charge in [0.2, 0.25) is 5.91 Å². The zero-order chi connectivity index (χ0) is 15.5. The lowest BCUT2D eigenvalue weighted by Crippen LogP contribution is -2.05. The summed E-state index contributed by atoms with van der Waals surface area (Å²) >= 11 is 0. The van der Waals surface area contributed by atoms with Crippen LogP contribution in [0.1, 0.15) is 12.6 Å². The molecule has 0 aliphatic carbocycles. The minimum Gasteiger partial charge on any atom is -0.355 e. The summed E-state index contributed by atoms with van der Waals surface area (Å²) in [4.78, 5) is 15.6. The van der Waals surface area contributed by atoms with Gasteiger partial charge < -0.3 is 10.6 Å². The number of pyridine rings is 1. The molecular formula is C18H18ClN3O. The Morgan fingerprint density at radius 3 is 2.35 bits per heavy atom. The zero-order valence-electron chi connectivity index (χ0n) is 13.0. The standard InChI is InChI=1S/C18H17N3O.ClH/c1-12-11-18(16-5-3-4-6-17(16)19-12)21-15-9-7-14(8-10-15)20-13(2)22;/h3-11H,1-2H3,(H,19,21)(H,20,22);1H. The Bertz CT molecular complexity index is 831. The molecule has 3 rings (SSSR count). The SMILES string of the molecule is CC(=O)Nc1ccc(Nc2cc(C)nc3ccccc23)cc1.Cl. The molecule has 1 aromatic heterocycles. The molecule has 0 aliphatic rings. The molecule has 0 aliphatic heterocycles. The molecule has 2 aromatic carbocycles. The molecule has 118 valence electrons. The third kappa shape index (κ3) is 3.99. The molecule has 2 N–H and O–H groups in total. The molecule has 0 saturated heterocycles. The topological polar surface area (TPSA) is 54.0 Å². The molecule has 5 heteroatoms. The number of halogens is 1. The summed E-state index contributed by atoms with van der Waals surface area (Å²) in [7, 11) is 0. The number of hydrogen-bond donors (Lipinski definition) is 2. The molecule has 1 heterocycles. The molecule has 0 spiro atoms. The van der Waals surface area contributed by atoms with Crippen molar-refractivity contribution in [1.29, 1.82) is 0 Å². The predicted molar refractivity (Wildman–Crippen MR) is 97.8 cm³/mol. The molecule has 0 atom stereocenters. The number of para-hydroxylation sites is 1. The van der Waals surface area contributed by atoms with Crippen molar-refractivity contribution in [1.82, 2.24) is 4.98 Å².